The van der Waals surface area contributed by atoms with Crippen LogP contribution in [0.3, 0.4) is 0 Å². The third kappa shape index (κ3) is 4.77. The van der Waals surface area contributed by atoms with Crippen LogP contribution in [0, 0.1) is 5.92 Å². The molecule has 142 valence electrons. The Morgan fingerprint density at radius 2 is 2.19 bits per heavy atom. The number of unbranched alkanes of at least 4 members (excludes halogenated alkanes) is 1. The summed E-state index contributed by atoms with van der Waals surface area (Å²) in [5.41, 5.74) is 5.22. The minimum Gasteiger partial charge on any atom is -0.362 e. The number of anilines is 1. The van der Waals surface area contributed by atoms with Gasteiger partial charge in [0.2, 0.25) is 0 Å². The van der Waals surface area contributed by atoms with Gasteiger partial charge in [-0.2, -0.15) is 0 Å². The number of aromatic amines is 1. The summed E-state index contributed by atoms with van der Waals surface area (Å²) in [5.74, 6) is 0.720. The molecule has 4 nitrogen and oxygen atoms in total. The van der Waals surface area contributed by atoms with Crippen LogP contribution in [0.5, 0.6) is 0 Å². The van der Waals surface area contributed by atoms with Gasteiger partial charge in [0, 0.05) is 34.9 Å². The number of hydrogen-bond donors (Lipinski definition) is 4. The predicted molar refractivity (Wildman–Crippen MR) is 116 cm³/mol. The SMILES string of the molecule is CCCCNC(=S)Nc1ccc2[nH]c3c(c2c1)CC(CNC(C)C)CC3. The molecule has 1 aliphatic carbocycles. The first kappa shape index (κ1) is 19.2. The molecule has 1 heterocycles. The van der Waals surface area contributed by atoms with Gasteiger partial charge >= 0.3 is 0 Å². The molecule has 0 fully saturated rings. The Labute approximate surface area is 162 Å². The van der Waals surface area contributed by atoms with Crippen LogP contribution in [0.25, 0.3) is 10.9 Å². The van der Waals surface area contributed by atoms with Crippen molar-refractivity contribution in [3.8, 4) is 0 Å². The van der Waals surface area contributed by atoms with E-state index in [9.17, 15) is 0 Å². The molecule has 26 heavy (non-hydrogen) atoms. The fourth-order valence-corrected chi connectivity index (χ4v) is 3.92. The number of aromatic nitrogens is 1. The first-order chi connectivity index (χ1) is 12.6. The summed E-state index contributed by atoms with van der Waals surface area (Å²) >= 11 is 5.41. The van der Waals surface area contributed by atoms with Crippen molar-refractivity contribution in [1.82, 2.24) is 15.6 Å². The van der Waals surface area contributed by atoms with Crippen molar-refractivity contribution in [2.24, 2.45) is 5.92 Å². The number of rotatable bonds is 7. The number of fused-ring (bicyclic) bond motifs is 3. The Bertz CT molecular complexity index is 750. The van der Waals surface area contributed by atoms with Gasteiger partial charge in [0.05, 0.1) is 0 Å². The van der Waals surface area contributed by atoms with Crippen molar-refractivity contribution < 1.29 is 0 Å². The molecule has 0 aliphatic heterocycles. The van der Waals surface area contributed by atoms with E-state index in [1.165, 1.54) is 35.0 Å². The maximum absolute atomic E-state index is 5.41. The smallest absolute Gasteiger partial charge is 0.170 e. The summed E-state index contributed by atoms with van der Waals surface area (Å²) in [6.07, 6.45) is 5.86. The van der Waals surface area contributed by atoms with Crippen molar-refractivity contribution >= 4 is 33.9 Å². The molecule has 0 bridgehead atoms. The fourth-order valence-electron chi connectivity index (χ4n) is 3.70. The molecular formula is C21H32N4S. The first-order valence-electron chi connectivity index (χ1n) is 9.98. The highest BCUT2D eigenvalue weighted by atomic mass is 32.1. The van der Waals surface area contributed by atoms with E-state index in [1.54, 1.807) is 0 Å². The second-order valence-electron chi connectivity index (χ2n) is 7.75. The summed E-state index contributed by atoms with van der Waals surface area (Å²) in [6, 6.07) is 7.08. The Morgan fingerprint density at radius 1 is 1.35 bits per heavy atom. The highest BCUT2D eigenvalue weighted by molar-refractivity contribution is 7.80. The van der Waals surface area contributed by atoms with E-state index in [4.69, 9.17) is 12.2 Å². The third-order valence-corrected chi connectivity index (χ3v) is 5.42. The van der Waals surface area contributed by atoms with E-state index >= 15 is 0 Å². The van der Waals surface area contributed by atoms with Gasteiger partial charge in [-0.3, -0.25) is 0 Å². The third-order valence-electron chi connectivity index (χ3n) is 5.18. The zero-order chi connectivity index (χ0) is 18.5. The lowest BCUT2D eigenvalue weighted by atomic mass is 9.86. The highest BCUT2D eigenvalue weighted by Gasteiger charge is 2.22. The summed E-state index contributed by atoms with van der Waals surface area (Å²) in [7, 11) is 0. The fraction of sp³-hybridized carbons (Fsp3) is 0.571. The topological polar surface area (TPSA) is 51.9 Å². The standard InChI is InChI=1S/C21H32N4S/c1-4-5-10-22-21(26)24-16-7-9-20-18(12-16)17-11-15(13-23-14(2)3)6-8-19(17)25-20/h7,9,12,14-15,23,25H,4-6,8,10-11,13H2,1-3H3,(H2,22,24,26). The predicted octanol–water partition coefficient (Wildman–Crippen LogP) is 4.36. The van der Waals surface area contributed by atoms with Gasteiger partial charge in [0.15, 0.2) is 5.11 Å². The van der Waals surface area contributed by atoms with Crippen molar-refractivity contribution in [1.29, 1.82) is 0 Å². The molecule has 1 aliphatic rings. The Kier molecular flexibility index (Phi) is 6.54. The van der Waals surface area contributed by atoms with Gasteiger partial charge < -0.3 is 20.9 Å². The molecule has 0 saturated carbocycles. The van der Waals surface area contributed by atoms with Gasteiger partial charge in [0.25, 0.3) is 0 Å². The van der Waals surface area contributed by atoms with Crippen molar-refractivity contribution in [2.45, 2.75) is 58.9 Å². The molecular weight excluding hydrogens is 340 g/mol. The molecule has 3 rings (SSSR count). The van der Waals surface area contributed by atoms with Crippen LogP contribution >= 0.6 is 12.2 Å². The van der Waals surface area contributed by atoms with E-state index < -0.39 is 0 Å². The molecule has 0 spiro atoms. The van der Waals surface area contributed by atoms with Crippen LogP contribution in [0.15, 0.2) is 18.2 Å². The van der Waals surface area contributed by atoms with Gasteiger partial charge in [-0.1, -0.05) is 27.2 Å². The lowest BCUT2D eigenvalue weighted by molar-refractivity contribution is 0.406. The first-order valence-corrected chi connectivity index (χ1v) is 10.4. The molecule has 5 heteroatoms. The van der Waals surface area contributed by atoms with Gasteiger partial charge in [0.1, 0.15) is 0 Å². The minimum atomic E-state index is 0.552. The average Bonchev–Trinajstić information content (AvgIpc) is 2.97. The molecule has 2 aromatic rings. The van der Waals surface area contributed by atoms with Crippen LogP contribution in [-0.4, -0.2) is 29.2 Å². The monoisotopic (exact) mass is 372 g/mol. The zero-order valence-corrected chi connectivity index (χ0v) is 17.1. The van der Waals surface area contributed by atoms with Crippen LogP contribution < -0.4 is 16.0 Å². The maximum Gasteiger partial charge on any atom is 0.170 e. The second kappa shape index (κ2) is 8.87. The molecule has 1 aromatic carbocycles. The van der Waals surface area contributed by atoms with Crippen LogP contribution in [0.1, 0.15) is 51.3 Å². The maximum atomic E-state index is 5.41. The molecule has 0 amide bonds. The molecule has 4 N–H and O–H groups in total. The van der Waals surface area contributed by atoms with E-state index in [-0.39, 0.29) is 0 Å². The Balaban J connectivity index is 1.71. The number of nitrogens with one attached hydrogen (secondary N) is 4. The van der Waals surface area contributed by atoms with Crippen LogP contribution in [-0.2, 0) is 12.8 Å². The molecule has 1 atom stereocenters. The summed E-state index contributed by atoms with van der Waals surface area (Å²) < 4.78 is 0. The summed E-state index contributed by atoms with van der Waals surface area (Å²) in [6.45, 7) is 8.65. The van der Waals surface area contributed by atoms with Crippen LogP contribution in [0.4, 0.5) is 5.69 Å². The molecule has 0 radical (unpaired) electrons. The lowest BCUT2D eigenvalue weighted by Crippen LogP contribution is -2.31. The number of benzene rings is 1. The summed E-state index contributed by atoms with van der Waals surface area (Å²) in [4.78, 5) is 3.63. The van der Waals surface area contributed by atoms with Gasteiger partial charge in [-0.15, -0.1) is 0 Å². The number of hydrogen-bond acceptors (Lipinski definition) is 2. The van der Waals surface area contributed by atoms with E-state index in [2.05, 4.69) is 59.9 Å². The van der Waals surface area contributed by atoms with E-state index in [0.717, 1.165) is 44.0 Å². The van der Waals surface area contributed by atoms with Gasteiger partial charge in [-0.25, -0.2) is 0 Å². The second-order valence-corrected chi connectivity index (χ2v) is 8.16. The molecule has 0 saturated heterocycles. The average molecular weight is 373 g/mol. The van der Waals surface area contributed by atoms with Crippen molar-refractivity contribution in [2.75, 3.05) is 18.4 Å². The zero-order valence-electron chi connectivity index (χ0n) is 16.2. The number of H-pyrrole nitrogens is 1. The van der Waals surface area contributed by atoms with E-state index in [1.807, 2.05) is 0 Å². The Morgan fingerprint density at radius 3 is 2.96 bits per heavy atom. The number of thiocarbonyl (C=S) groups is 1. The lowest BCUT2D eigenvalue weighted by Gasteiger charge is -2.24. The molecule has 1 aromatic heterocycles. The van der Waals surface area contributed by atoms with E-state index in [0.29, 0.717) is 11.2 Å². The quantitative estimate of drug-likeness (QED) is 0.431. The van der Waals surface area contributed by atoms with Gasteiger partial charge in [-0.05, 0) is 74.1 Å². The summed E-state index contributed by atoms with van der Waals surface area (Å²) in [5, 5.41) is 12.3. The molecule has 1 unspecified atom stereocenters. The Hall–Kier alpha value is -1.59. The minimum absolute atomic E-state index is 0.552. The van der Waals surface area contributed by atoms with Crippen molar-refractivity contribution in [3.05, 3.63) is 29.5 Å². The largest absolute Gasteiger partial charge is 0.362 e. The van der Waals surface area contributed by atoms with Crippen molar-refractivity contribution in [3.63, 3.8) is 0 Å². The normalized spacial score (nSPS) is 16.7. The number of aryl methyl sites for hydroxylation is 1. The van der Waals surface area contributed by atoms with Crippen LogP contribution in [0.2, 0.25) is 0 Å². The highest BCUT2D eigenvalue weighted by Crippen LogP contribution is 2.33.